The quantitative estimate of drug-likeness (QED) is 0.842. The Labute approximate surface area is 104 Å². The lowest BCUT2D eigenvalue weighted by Crippen LogP contribution is -2.17. The number of carbonyl (C=O) groups excluding carboxylic acids is 1. The maximum atomic E-state index is 11.9. The van der Waals surface area contributed by atoms with Gasteiger partial charge in [0.25, 0.3) is 11.5 Å². The summed E-state index contributed by atoms with van der Waals surface area (Å²) in [7, 11) is 0. The van der Waals surface area contributed by atoms with Crippen LogP contribution < -0.4 is 10.9 Å². The first kappa shape index (κ1) is 12.0. The Kier molecular flexibility index (Phi) is 3.23. The number of H-pyrrole nitrogens is 1. The van der Waals surface area contributed by atoms with Crippen LogP contribution in [0.2, 0.25) is 0 Å². The summed E-state index contributed by atoms with van der Waals surface area (Å²) in [6, 6.07) is 5.67. The van der Waals surface area contributed by atoms with Crippen molar-refractivity contribution < 1.29 is 4.79 Å². The summed E-state index contributed by atoms with van der Waals surface area (Å²) in [5.74, 6) is -0.347. The van der Waals surface area contributed by atoms with Gasteiger partial charge in [0.1, 0.15) is 5.69 Å². The third-order valence-electron chi connectivity index (χ3n) is 2.76. The molecule has 0 unspecified atom stereocenters. The van der Waals surface area contributed by atoms with Gasteiger partial charge in [-0.05, 0) is 31.0 Å². The molecule has 0 atom stereocenters. The summed E-state index contributed by atoms with van der Waals surface area (Å²) in [5, 5.41) is 2.76. The van der Waals surface area contributed by atoms with Crippen molar-refractivity contribution in [2.75, 3.05) is 5.32 Å². The zero-order valence-corrected chi connectivity index (χ0v) is 10.2. The predicted octanol–water partition coefficient (Wildman–Crippen LogP) is 1.64. The molecule has 0 aliphatic carbocycles. The van der Waals surface area contributed by atoms with Crippen molar-refractivity contribution in [3.8, 4) is 0 Å². The molecule has 0 saturated heterocycles. The van der Waals surface area contributed by atoms with E-state index < -0.39 is 0 Å². The minimum atomic E-state index is -0.347. The number of anilines is 1. The molecular weight excluding hydrogens is 230 g/mol. The zero-order chi connectivity index (χ0) is 13.1. The summed E-state index contributed by atoms with van der Waals surface area (Å²) >= 11 is 0. The zero-order valence-electron chi connectivity index (χ0n) is 10.2. The van der Waals surface area contributed by atoms with Crippen molar-refractivity contribution in [3.05, 3.63) is 57.8 Å². The van der Waals surface area contributed by atoms with Gasteiger partial charge in [0.2, 0.25) is 0 Å². The number of rotatable bonds is 2. The minimum absolute atomic E-state index is 0.176. The Morgan fingerprint density at radius 3 is 2.78 bits per heavy atom. The summed E-state index contributed by atoms with van der Waals surface area (Å²) in [6.07, 6.45) is 2.38. The largest absolute Gasteiger partial charge is 0.325 e. The molecule has 92 valence electrons. The topological polar surface area (TPSA) is 74.8 Å². The van der Waals surface area contributed by atoms with Crippen LogP contribution in [0.1, 0.15) is 21.6 Å². The first-order valence-electron chi connectivity index (χ1n) is 5.50. The maximum absolute atomic E-state index is 11.9. The van der Waals surface area contributed by atoms with Gasteiger partial charge < -0.3 is 10.3 Å². The highest BCUT2D eigenvalue weighted by Gasteiger charge is 2.09. The fourth-order valence-corrected chi connectivity index (χ4v) is 1.54. The van der Waals surface area contributed by atoms with Crippen LogP contribution in [0.4, 0.5) is 5.69 Å². The van der Waals surface area contributed by atoms with E-state index in [-0.39, 0.29) is 17.2 Å². The molecule has 0 saturated carbocycles. The molecule has 0 aliphatic rings. The lowest BCUT2D eigenvalue weighted by atomic mass is 10.1. The van der Waals surface area contributed by atoms with Gasteiger partial charge in [-0.15, -0.1) is 0 Å². The minimum Gasteiger partial charge on any atom is -0.325 e. The molecule has 0 spiro atoms. The number of amides is 1. The van der Waals surface area contributed by atoms with Crippen LogP contribution in [-0.4, -0.2) is 15.9 Å². The molecule has 1 heterocycles. The molecule has 2 N–H and O–H groups in total. The van der Waals surface area contributed by atoms with Gasteiger partial charge in [0, 0.05) is 11.9 Å². The molecule has 18 heavy (non-hydrogen) atoms. The van der Waals surface area contributed by atoms with Crippen LogP contribution in [-0.2, 0) is 0 Å². The number of benzene rings is 1. The second-order valence-electron chi connectivity index (χ2n) is 4.00. The van der Waals surface area contributed by atoms with E-state index in [1.54, 1.807) is 0 Å². The molecule has 1 amide bonds. The Morgan fingerprint density at radius 2 is 2.11 bits per heavy atom. The molecule has 1 aromatic heterocycles. The molecule has 0 radical (unpaired) electrons. The third kappa shape index (κ3) is 2.45. The van der Waals surface area contributed by atoms with Gasteiger partial charge >= 0.3 is 0 Å². The Morgan fingerprint density at radius 1 is 1.33 bits per heavy atom. The first-order valence-corrected chi connectivity index (χ1v) is 5.50. The first-order chi connectivity index (χ1) is 8.58. The van der Waals surface area contributed by atoms with Crippen molar-refractivity contribution in [2.45, 2.75) is 13.8 Å². The van der Waals surface area contributed by atoms with Gasteiger partial charge in [0.05, 0.1) is 6.20 Å². The lowest BCUT2D eigenvalue weighted by Gasteiger charge is -2.09. The molecule has 0 fully saturated rings. The summed E-state index contributed by atoms with van der Waals surface area (Å²) in [4.78, 5) is 28.9. The Balaban J connectivity index is 2.24. The van der Waals surface area contributed by atoms with Gasteiger partial charge in [-0.2, -0.15) is 0 Å². The molecule has 5 nitrogen and oxygen atoms in total. The summed E-state index contributed by atoms with van der Waals surface area (Å²) < 4.78 is 0. The van der Waals surface area contributed by atoms with Crippen molar-refractivity contribution in [1.29, 1.82) is 0 Å². The highest BCUT2D eigenvalue weighted by Crippen LogP contribution is 2.18. The molecule has 5 heteroatoms. The van der Waals surface area contributed by atoms with Crippen molar-refractivity contribution in [1.82, 2.24) is 9.97 Å². The SMILES string of the molecule is Cc1cccc(NC(=O)c2c[nH]c(=O)cn2)c1C. The number of nitrogens with zero attached hydrogens (tertiary/aromatic N) is 1. The number of carbonyl (C=O) groups is 1. The van der Waals surface area contributed by atoms with E-state index in [0.29, 0.717) is 0 Å². The molecule has 1 aromatic carbocycles. The molecule has 0 aliphatic heterocycles. The van der Waals surface area contributed by atoms with Crippen LogP contribution in [0.15, 0.2) is 35.4 Å². The van der Waals surface area contributed by atoms with E-state index in [0.717, 1.165) is 23.0 Å². The van der Waals surface area contributed by atoms with Gasteiger partial charge in [0.15, 0.2) is 0 Å². The number of aromatic amines is 1. The number of aryl methyl sites for hydroxylation is 1. The molecule has 2 aromatic rings. The van der Waals surface area contributed by atoms with Crippen molar-refractivity contribution in [3.63, 3.8) is 0 Å². The fourth-order valence-electron chi connectivity index (χ4n) is 1.54. The monoisotopic (exact) mass is 243 g/mol. The Bertz CT molecular complexity index is 626. The molecule has 2 rings (SSSR count). The van der Waals surface area contributed by atoms with E-state index in [1.807, 2.05) is 32.0 Å². The summed E-state index contributed by atoms with van der Waals surface area (Å²) in [5.41, 5.74) is 2.69. The van der Waals surface area contributed by atoms with Crippen LogP contribution in [0.25, 0.3) is 0 Å². The normalized spacial score (nSPS) is 10.1. The maximum Gasteiger partial charge on any atom is 0.275 e. The Hall–Kier alpha value is -2.43. The van der Waals surface area contributed by atoms with E-state index in [1.165, 1.54) is 6.20 Å². The average molecular weight is 243 g/mol. The predicted molar refractivity (Wildman–Crippen MR) is 68.7 cm³/mol. The second kappa shape index (κ2) is 4.83. The van der Waals surface area contributed by atoms with E-state index >= 15 is 0 Å². The number of hydrogen-bond acceptors (Lipinski definition) is 3. The van der Waals surface area contributed by atoms with Crippen LogP contribution >= 0.6 is 0 Å². The van der Waals surface area contributed by atoms with Crippen LogP contribution in [0, 0.1) is 13.8 Å². The summed E-state index contributed by atoms with van der Waals surface area (Å²) in [6.45, 7) is 3.91. The highest BCUT2D eigenvalue weighted by molar-refractivity contribution is 6.03. The van der Waals surface area contributed by atoms with Gasteiger partial charge in [-0.1, -0.05) is 12.1 Å². The average Bonchev–Trinajstić information content (AvgIpc) is 2.36. The van der Waals surface area contributed by atoms with E-state index in [9.17, 15) is 9.59 Å². The number of hydrogen-bond donors (Lipinski definition) is 2. The van der Waals surface area contributed by atoms with Crippen molar-refractivity contribution >= 4 is 11.6 Å². The fraction of sp³-hybridized carbons (Fsp3) is 0.154. The standard InChI is InChI=1S/C13H13N3O2/c1-8-4-3-5-10(9(8)2)16-13(18)11-6-15-12(17)7-14-11/h3-7H,1-2H3,(H,15,17)(H,16,18). The van der Waals surface area contributed by atoms with Crippen LogP contribution in [0.3, 0.4) is 0 Å². The van der Waals surface area contributed by atoms with Crippen molar-refractivity contribution in [2.24, 2.45) is 0 Å². The van der Waals surface area contributed by atoms with Gasteiger partial charge in [-0.3, -0.25) is 9.59 Å². The molecular formula is C13H13N3O2. The number of nitrogens with one attached hydrogen (secondary N) is 2. The smallest absolute Gasteiger partial charge is 0.275 e. The lowest BCUT2D eigenvalue weighted by molar-refractivity contribution is 0.102. The van der Waals surface area contributed by atoms with Crippen LogP contribution in [0.5, 0.6) is 0 Å². The molecule has 0 bridgehead atoms. The van der Waals surface area contributed by atoms with Gasteiger partial charge in [-0.25, -0.2) is 4.98 Å². The van der Waals surface area contributed by atoms with E-state index in [2.05, 4.69) is 15.3 Å². The third-order valence-corrected chi connectivity index (χ3v) is 2.76. The highest BCUT2D eigenvalue weighted by atomic mass is 16.2. The van der Waals surface area contributed by atoms with E-state index in [4.69, 9.17) is 0 Å². The second-order valence-corrected chi connectivity index (χ2v) is 4.00. The number of aromatic nitrogens is 2.